The summed E-state index contributed by atoms with van der Waals surface area (Å²) in [7, 11) is 0. The van der Waals surface area contributed by atoms with E-state index in [1.165, 1.54) is 31.4 Å². The summed E-state index contributed by atoms with van der Waals surface area (Å²) in [5.41, 5.74) is -0.883. The average molecular weight is 536 g/mol. The molecular weight excluding hydrogens is 514 g/mol. The highest BCUT2D eigenvalue weighted by Crippen LogP contribution is 2.35. The molecule has 1 aliphatic rings. The van der Waals surface area contributed by atoms with E-state index in [0.29, 0.717) is 22.2 Å². The maximum atomic E-state index is 14.5. The zero-order valence-electron chi connectivity index (χ0n) is 16.5. The number of rotatable bonds is 5. The van der Waals surface area contributed by atoms with Crippen LogP contribution in [0.2, 0.25) is 0 Å². The zero-order valence-corrected chi connectivity index (χ0v) is 18.6. The first-order valence-electron chi connectivity index (χ1n) is 9.96. The third kappa shape index (κ3) is 5.77. The quantitative estimate of drug-likeness (QED) is 0.167. The van der Waals surface area contributed by atoms with Crippen LogP contribution in [0.1, 0.15) is 44.6 Å². The molecule has 1 nitrogen and oxygen atoms in total. The Morgan fingerprint density at radius 2 is 1.83 bits per heavy atom. The molecule has 0 spiro atoms. The first-order chi connectivity index (χ1) is 14.2. The molecule has 1 fully saturated rings. The predicted molar refractivity (Wildman–Crippen MR) is 116 cm³/mol. The fraction of sp³-hybridized carbons (Fsp3) is 0.478. The van der Waals surface area contributed by atoms with E-state index >= 15 is 0 Å². The molecule has 0 N–H and O–H groups in total. The van der Waals surface area contributed by atoms with Crippen LogP contribution in [0, 0.1) is 35.3 Å². The Hall–Kier alpha value is -1.56. The van der Waals surface area contributed by atoms with Gasteiger partial charge in [0.05, 0.1) is 12.2 Å². The molecule has 7 heteroatoms. The molecule has 1 aliphatic carbocycles. The number of alkyl halides is 4. The van der Waals surface area contributed by atoms with E-state index in [1.807, 2.05) is 0 Å². The van der Waals surface area contributed by atoms with Gasteiger partial charge in [0.15, 0.2) is 0 Å². The summed E-state index contributed by atoms with van der Waals surface area (Å²) in [5.74, 6) is 1.93. The number of fused-ring (bicyclic) bond motifs is 1. The molecule has 1 atom stereocenters. The third-order valence-corrected chi connectivity index (χ3v) is 7.51. The van der Waals surface area contributed by atoms with E-state index in [-0.39, 0.29) is 10.8 Å². The van der Waals surface area contributed by atoms with Crippen molar-refractivity contribution in [1.29, 1.82) is 0 Å². The highest BCUT2D eigenvalue weighted by Gasteiger charge is 2.26. The molecule has 0 amide bonds. The minimum absolute atomic E-state index is 0.00314. The van der Waals surface area contributed by atoms with E-state index in [2.05, 4.69) is 29.5 Å². The van der Waals surface area contributed by atoms with Gasteiger partial charge in [-0.15, -0.1) is 0 Å². The van der Waals surface area contributed by atoms with Gasteiger partial charge < -0.3 is 4.74 Å². The molecule has 30 heavy (non-hydrogen) atoms. The Balaban J connectivity index is 1.70. The van der Waals surface area contributed by atoms with Crippen LogP contribution in [0.5, 0.6) is 5.75 Å². The first kappa shape index (κ1) is 23.1. The van der Waals surface area contributed by atoms with Gasteiger partial charge in [0, 0.05) is 15.2 Å². The Kier molecular flexibility index (Phi) is 7.48. The lowest BCUT2D eigenvalue weighted by molar-refractivity contribution is -0.0696. The minimum Gasteiger partial charge on any atom is -0.493 e. The molecule has 162 valence electrons. The molecule has 1 saturated carbocycles. The van der Waals surface area contributed by atoms with Crippen molar-refractivity contribution in [3.8, 4) is 17.6 Å². The highest BCUT2D eigenvalue weighted by atomic mass is 127. The van der Waals surface area contributed by atoms with Crippen LogP contribution in [0.3, 0.4) is 0 Å². The lowest BCUT2D eigenvalue weighted by Gasteiger charge is -2.31. The van der Waals surface area contributed by atoms with Gasteiger partial charge in [-0.3, -0.25) is 0 Å². The second kappa shape index (κ2) is 9.71. The van der Waals surface area contributed by atoms with Crippen molar-refractivity contribution >= 4 is 33.4 Å². The van der Waals surface area contributed by atoms with E-state index in [0.717, 1.165) is 30.7 Å². The van der Waals surface area contributed by atoms with E-state index in [4.69, 9.17) is 4.74 Å². The lowest BCUT2D eigenvalue weighted by atomic mass is 9.80. The van der Waals surface area contributed by atoms with Crippen molar-refractivity contribution < 1.29 is 26.7 Å². The van der Waals surface area contributed by atoms with Crippen LogP contribution >= 0.6 is 22.6 Å². The van der Waals surface area contributed by atoms with Crippen molar-refractivity contribution in [2.45, 2.75) is 49.1 Å². The average Bonchev–Trinajstić information content (AvgIpc) is 2.70. The van der Waals surface area contributed by atoms with Gasteiger partial charge in [-0.05, 0) is 73.6 Å². The number of hydrogen-bond acceptors (Lipinski definition) is 1. The second-order valence-electron chi connectivity index (χ2n) is 7.69. The predicted octanol–water partition coefficient (Wildman–Crippen LogP) is 7.43. The third-order valence-electron chi connectivity index (χ3n) is 5.61. The van der Waals surface area contributed by atoms with Crippen LogP contribution in [0.25, 0.3) is 10.8 Å². The first-order valence-corrected chi connectivity index (χ1v) is 11.2. The van der Waals surface area contributed by atoms with Crippen LogP contribution in [-0.4, -0.2) is 16.7 Å². The number of benzene rings is 2. The molecule has 1 unspecified atom stereocenters. The maximum absolute atomic E-state index is 14.5. The molecule has 0 radical (unpaired) electrons. The lowest BCUT2D eigenvalue weighted by Crippen LogP contribution is -2.24. The van der Waals surface area contributed by atoms with Crippen molar-refractivity contribution in [3.05, 3.63) is 41.5 Å². The van der Waals surface area contributed by atoms with Gasteiger partial charge >= 0.3 is 6.18 Å². The molecule has 0 heterocycles. The standard InChI is InChI=1S/C23H22F5IO/c1-2-21(29)15-5-3-14(4-6-15)13-30-17-7-8-18-16(11-17)12-20(24)19(22(18)25)9-10-23(26,27)28/h7-8,11-12,14-15,21H,2-6,13H2,1H3. The van der Waals surface area contributed by atoms with Gasteiger partial charge in [-0.1, -0.05) is 35.4 Å². The smallest absolute Gasteiger partial charge is 0.458 e. The van der Waals surface area contributed by atoms with Gasteiger partial charge in [0.25, 0.3) is 0 Å². The van der Waals surface area contributed by atoms with E-state index < -0.39 is 23.4 Å². The topological polar surface area (TPSA) is 9.23 Å². The molecule has 2 aromatic rings. The van der Waals surface area contributed by atoms with Crippen LogP contribution in [-0.2, 0) is 0 Å². The van der Waals surface area contributed by atoms with Crippen molar-refractivity contribution in [2.75, 3.05) is 6.61 Å². The van der Waals surface area contributed by atoms with E-state index in [1.54, 1.807) is 12.0 Å². The zero-order chi connectivity index (χ0) is 21.9. The fourth-order valence-electron chi connectivity index (χ4n) is 3.91. The minimum atomic E-state index is -4.82. The van der Waals surface area contributed by atoms with Crippen LogP contribution in [0.4, 0.5) is 22.0 Å². The summed E-state index contributed by atoms with van der Waals surface area (Å²) in [6.45, 7) is 2.75. The van der Waals surface area contributed by atoms with Crippen LogP contribution in [0.15, 0.2) is 24.3 Å². The summed E-state index contributed by atoms with van der Waals surface area (Å²) in [4.78, 5) is 0. The largest absolute Gasteiger partial charge is 0.493 e. The highest BCUT2D eigenvalue weighted by molar-refractivity contribution is 14.1. The summed E-state index contributed by atoms with van der Waals surface area (Å²) in [6, 6.07) is 5.43. The fourth-order valence-corrected chi connectivity index (χ4v) is 4.63. The summed E-state index contributed by atoms with van der Waals surface area (Å²) in [5, 5.41) is 0.225. The monoisotopic (exact) mass is 536 g/mol. The SMILES string of the molecule is CCC(I)C1CCC(COc2ccc3c(F)c(C#CC(F)(F)F)c(F)cc3c2)CC1. The Morgan fingerprint density at radius 1 is 1.13 bits per heavy atom. The number of hydrogen-bond donors (Lipinski definition) is 0. The Morgan fingerprint density at radius 3 is 2.47 bits per heavy atom. The van der Waals surface area contributed by atoms with E-state index in [9.17, 15) is 22.0 Å². The Bertz CT molecular complexity index is 952. The normalized spacial score (nSPS) is 20.5. The van der Waals surface area contributed by atoms with Crippen molar-refractivity contribution in [3.63, 3.8) is 0 Å². The van der Waals surface area contributed by atoms with Crippen molar-refractivity contribution in [2.24, 2.45) is 11.8 Å². The summed E-state index contributed by atoms with van der Waals surface area (Å²) in [6.07, 6.45) is 0.931. The molecule has 2 aromatic carbocycles. The number of ether oxygens (including phenoxy) is 1. The maximum Gasteiger partial charge on any atom is 0.458 e. The summed E-state index contributed by atoms with van der Waals surface area (Å²) < 4.78 is 72.0. The van der Waals surface area contributed by atoms with Crippen LogP contribution < -0.4 is 4.74 Å². The van der Waals surface area contributed by atoms with Gasteiger partial charge in [0.2, 0.25) is 0 Å². The van der Waals surface area contributed by atoms with Gasteiger partial charge in [0.1, 0.15) is 17.4 Å². The molecule has 0 saturated heterocycles. The molecule has 0 bridgehead atoms. The number of halogens is 6. The van der Waals surface area contributed by atoms with Gasteiger partial charge in [-0.25, -0.2) is 8.78 Å². The van der Waals surface area contributed by atoms with Crippen molar-refractivity contribution in [1.82, 2.24) is 0 Å². The van der Waals surface area contributed by atoms with Gasteiger partial charge in [-0.2, -0.15) is 13.2 Å². The summed E-state index contributed by atoms with van der Waals surface area (Å²) >= 11 is 2.53. The molecule has 0 aromatic heterocycles. The molecule has 0 aliphatic heterocycles. The molecular formula is C23H22F5IO. The second-order valence-corrected chi connectivity index (χ2v) is 9.29. The molecule has 3 rings (SSSR count). The Labute approximate surface area is 186 Å².